The lowest BCUT2D eigenvalue weighted by molar-refractivity contribution is -0.121. The van der Waals surface area contributed by atoms with Gasteiger partial charge in [-0.25, -0.2) is 4.39 Å². The van der Waals surface area contributed by atoms with Gasteiger partial charge in [-0.3, -0.25) is 9.69 Å². The van der Waals surface area contributed by atoms with Gasteiger partial charge in [-0.15, -0.1) is 0 Å². The Kier molecular flexibility index (Phi) is 6.38. The van der Waals surface area contributed by atoms with Gasteiger partial charge in [0, 0.05) is 26.6 Å². The molecule has 0 atom stereocenters. The van der Waals surface area contributed by atoms with Crippen molar-refractivity contribution in [3.05, 3.63) is 65.5 Å². The van der Waals surface area contributed by atoms with E-state index >= 15 is 0 Å². The van der Waals surface area contributed by atoms with Gasteiger partial charge in [-0.2, -0.15) is 0 Å². The Bertz CT molecular complexity index is 836. The summed E-state index contributed by atoms with van der Waals surface area (Å²) in [6.45, 7) is 4.17. The van der Waals surface area contributed by atoms with Crippen LogP contribution < -0.4 is 10.1 Å². The molecule has 2 aliphatic rings. The predicted molar refractivity (Wildman–Crippen MR) is 116 cm³/mol. The van der Waals surface area contributed by atoms with Crippen molar-refractivity contribution in [1.82, 2.24) is 10.2 Å². The number of benzene rings is 2. The molecular weight excluding hydrogens is 379 g/mol. The van der Waals surface area contributed by atoms with Gasteiger partial charge in [0.15, 0.2) is 0 Å². The fourth-order valence-electron chi connectivity index (χ4n) is 4.81. The van der Waals surface area contributed by atoms with Crippen molar-refractivity contribution in [2.24, 2.45) is 0 Å². The van der Waals surface area contributed by atoms with Gasteiger partial charge >= 0.3 is 0 Å². The minimum atomic E-state index is -0.422. The molecule has 4 nitrogen and oxygen atoms in total. The van der Waals surface area contributed by atoms with Crippen LogP contribution in [0.2, 0.25) is 0 Å². The molecule has 0 bridgehead atoms. The molecule has 1 heterocycles. The van der Waals surface area contributed by atoms with Gasteiger partial charge in [-0.1, -0.05) is 24.3 Å². The molecule has 4 rings (SSSR count). The van der Waals surface area contributed by atoms with E-state index in [-0.39, 0.29) is 11.7 Å². The number of likely N-dealkylation sites (tertiary alicyclic amines) is 1. The van der Waals surface area contributed by atoms with Crippen LogP contribution in [0, 0.1) is 5.82 Å². The standard InChI is InChI=1S/C25H31FN2O2/c1-19(29)27-25(21-8-10-22(26)11-9-21)14-16-28(17-15-25)18-20-6-12-24(13-7-20)30-23-4-2-3-5-23/h6-13,23H,2-5,14-18H2,1H3,(H,27,29). The topological polar surface area (TPSA) is 41.6 Å². The van der Waals surface area contributed by atoms with E-state index in [9.17, 15) is 9.18 Å². The highest BCUT2D eigenvalue weighted by molar-refractivity contribution is 5.74. The summed E-state index contributed by atoms with van der Waals surface area (Å²) in [5.74, 6) is 0.658. The summed E-state index contributed by atoms with van der Waals surface area (Å²) >= 11 is 0. The Hall–Kier alpha value is -2.40. The molecule has 0 aromatic heterocycles. The molecular formula is C25H31FN2O2. The number of hydrogen-bond acceptors (Lipinski definition) is 3. The first-order chi connectivity index (χ1) is 14.5. The fourth-order valence-corrected chi connectivity index (χ4v) is 4.81. The van der Waals surface area contributed by atoms with E-state index < -0.39 is 5.54 Å². The summed E-state index contributed by atoms with van der Waals surface area (Å²) < 4.78 is 19.4. The Labute approximate surface area is 178 Å². The molecule has 2 aromatic carbocycles. The normalized spacial score (nSPS) is 19.5. The highest BCUT2D eigenvalue weighted by atomic mass is 19.1. The maximum atomic E-state index is 13.4. The summed E-state index contributed by atoms with van der Waals surface area (Å²) in [6, 6.07) is 15.0. The molecule has 1 saturated heterocycles. The van der Waals surface area contributed by atoms with Crippen LogP contribution in [0.4, 0.5) is 4.39 Å². The van der Waals surface area contributed by atoms with Crippen LogP contribution in [-0.4, -0.2) is 30.0 Å². The number of ether oxygens (including phenoxy) is 1. The van der Waals surface area contributed by atoms with Gasteiger partial charge < -0.3 is 10.1 Å². The second-order valence-corrected chi connectivity index (χ2v) is 8.71. The van der Waals surface area contributed by atoms with Crippen molar-refractivity contribution in [2.75, 3.05) is 13.1 Å². The summed E-state index contributed by atoms with van der Waals surface area (Å²) in [5, 5.41) is 3.15. The van der Waals surface area contributed by atoms with E-state index in [0.717, 1.165) is 43.8 Å². The third kappa shape index (κ3) is 5.01. The van der Waals surface area contributed by atoms with Crippen LogP contribution in [0.1, 0.15) is 56.6 Å². The lowest BCUT2D eigenvalue weighted by Gasteiger charge is -2.42. The molecule has 1 N–H and O–H groups in total. The molecule has 1 aliphatic carbocycles. The molecule has 2 fully saturated rings. The lowest BCUT2D eigenvalue weighted by atomic mass is 9.80. The third-order valence-corrected chi connectivity index (χ3v) is 6.46. The lowest BCUT2D eigenvalue weighted by Crippen LogP contribution is -2.52. The first kappa shape index (κ1) is 20.9. The van der Waals surface area contributed by atoms with Crippen molar-refractivity contribution in [3.8, 4) is 5.75 Å². The molecule has 0 radical (unpaired) electrons. The number of halogens is 1. The fraction of sp³-hybridized carbons (Fsp3) is 0.480. The third-order valence-electron chi connectivity index (χ3n) is 6.46. The largest absolute Gasteiger partial charge is 0.490 e. The van der Waals surface area contributed by atoms with Crippen molar-refractivity contribution >= 4 is 5.91 Å². The number of amides is 1. The number of rotatable bonds is 6. The van der Waals surface area contributed by atoms with Crippen LogP contribution >= 0.6 is 0 Å². The average Bonchev–Trinajstić information content (AvgIpc) is 3.24. The first-order valence-corrected chi connectivity index (χ1v) is 11.1. The maximum Gasteiger partial charge on any atom is 0.217 e. The summed E-state index contributed by atoms with van der Waals surface area (Å²) in [7, 11) is 0. The second kappa shape index (κ2) is 9.17. The van der Waals surface area contributed by atoms with Crippen molar-refractivity contribution in [3.63, 3.8) is 0 Å². The Morgan fingerprint density at radius 1 is 1.07 bits per heavy atom. The molecule has 0 unspecified atom stereocenters. The molecule has 1 amide bonds. The monoisotopic (exact) mass is 410 g/mol. The number of nitrogens with zero attached hydrogens (tertiary/aromatic N) is 1. The van der Waals surface area contributed by atoms with Crippen molar-refractivity contribution < 1.29 is 13.9 Å². The zero-order chi connectivity index (χ0) is 21.0. The summed E-state index contributed by atoms with van der Waals surface area (Å²) in [5.41, 5.74) is 1.82. The molecule has 30 heavy (non-hydrogen) atoms. The van der Waals surface area contributed by atoms with E-state index in [0.29, 0.717) is 6.10 Å². The van der Waals surface area contributed by atoms with Crippen LogP contribution in [0.5, 0.6) is 5.75 Å². The number of nitrogens with one attached hydrogen (secondary N) is 1. The molecule has 1 saturated carbocycles. The van der Waals surface area contributed by atoms with Crippen molar-refractivity contribution in [1.29, 1.82) is 0 Å². The number of carbonyl (C=O) groups excluding carboxylic acids is 1. The van der Waals surface area contributed by atoms with Crippen LogP contribution in [0.25, 0.3) is 0 Å². The summed E-state index contributed by atoms with van der Waals surface area (Å²) in [6.07, 6.45) is 6.87. The first-order valence-electron chi connectivity index (χ1n) is 11.1. The zero-order valence-electron chi connectivity index (χ0n) is 17.7. The predicted octanol–water partition coefficient (Wildman–Crippen LogP) is 4.77. The maximum absolute atomic E-state index is 13.4. The van der Waals surface area contributed by atoms with Crippen LogP contribution in [0.3, 0.4) is 0 Å². The minimum absolute atomic E-state index is 0.0503. The Morgan fingerprint density at radius 3 is 2.30 bits per heavy atom. The zero-order valence-corrected chi connectivity index (χ0v) is 17.7. The SMILES string of the molecule is CC(=O)NC1(c2ccc(F)cc2)CCN(Cc2ccc(OC3CCCC3)cc2)CC1. The van der Waals surface area contributed by atoms with Gasteiger partial charge in [0.25, 0.3) is 0 Å². The van der Waals surface area contributed by atoms with E-state index in [4.69, 9.17) is 4.74 Å². The summed E-state index contributed by atoms with van der Waals surface area (Å²) in [4.78, 5) is 14.3. The highest BCUT2D eigenvalue weighted by Gasteiger charge is 2.37. The Balaban J connectivity index is 1.36. The smallest absolute Gasteiger partial charge is 0.217 e. The van der Waals surface area contributed by atoms with E-state index in [1.54, 1.807) is 19.1 Å². The van der Waals surface area contributed by atoms with Crippen LogP contribution in [-0.2, 0) is 16.9 Å². The van der Waals surface area contributed by atoms with Gasteiger partial charge in [0.2, 0.25) is 5.91 Å². The quantitative estimate of drug-likeness (QED) is 0.746. The second-order valence-electron chi connectivity index (χ2n) is 8.71. The Morgan fingerprint density at radius 2 is 1.70 bits per heavy atom. The van der Waals surface area contributed by atoms with E-state index in [1.165, 1.54) is 43.4 Å². The number of hydrogen-bond donors (Lipinski definition) is 1. The van der Waals surface area contributed by atoms with Gasteiger partial charge in [-0.05, 0) is 73.9 Å². The molecule has 0 spiro atoms. The molecule has 1 aliphatic heterocycles. The highest BCUT2D eigenvalue weighted by Crippen LogP contribution is 2.34. The number of carbonyl (C=O) groups is 1. The number of piperidine rings is 1. The average molecular weight is 411 g/mol. The van der Waals surface area contributed by atoms with Crippen LogP contribution in [0.15, 0.2) is 48.5 Å². The van der Waals surface area contributed by atoms with E-state index in [1.807, 2.05) is 0 Å². The van der Waals surface area contributed by atoms with Gasteiger partial charge in [0.1, 0.15) is 11.6 Å². The molecule has 2 aromatic rings. The molecule has 160 valence electrons. The van der Waals surface area contributed by atoms with Gasteiger partial charge in [0.05, 0.1) is 11.6 Å². The molecule has 5 heteroatoms. The van der Waals surface area contributed by atoms with E-state index in [2.05, 4.69) is 34.5 Å². The minimum Gasteiger partial charge on any atom is -0.490 e. The van der Waals surface area contributed by atoms with Crippen molar-refractivity contribution in [2.45, 2.75) is 63.6 Å².